The third-order valence-electron chi connectivity index (χ3n) is 3.51. The highest BCUT2D eigenvalue weighted by molar-refractivity contribution is 6.00. The van der Waals surface area contributed by atoms with Gasteiger partial charge in [-0.25, -0.2) is 0 Å². The maximum atomic E-state index is 11.8. The Morgan fingerprint density at radius 1 is 1.38 bits per heavy atom. The van der Waals surface area contributed by atoms with Crippen LogP contribution in [-0.2, 0) is 9.59 Å². The predicted octanol–water partition coefficient (Wildman–Crippen LogP) is -0.162. The first-order valence-corrected chi connectivity index (χ1v) is 4.53. The Labute approximate surface area is 77.5 Å². The first-order valence-electron chi connectivity index (χ1n) is 4.53. The number of hydrogen-bond donors (Lipinski definition) is 0. The fourth-order valence-corrected chi connectivity index (χ4v) is 2.31. The quantitative estimate of drug-likeness (QED) is 0.522. The lowest BCUT2D eigenvalue weighted by Gasteiger charge is -2.53. The largest absolute Gasteiger partial charge is 0.332 e. The van der Waals surface area contributed by atoms with Crippen LogP contribution in [0.15, 0.2) is 0 Å². The van der Waals surface area contributed by atoms with E-state index in [1.54, 1.807) is 23.9 Å². The lowest BCUT2D eigenvalue weighted by atomic mass is 9.80. The summed E-state index contributed by atoms with van der Waals surface area (Å²) in [5, 5.41) is 0. The monoisotopic (exact) mass is 182 g/mol. The molecule has 2 amide bonds. The van der Waals surface area contributed by atoms with E-state index in [1.165, 1.54) is 0 Å². The van der Waals surface area contributed by atoms with E-state index < -0.39 is 5.54 Å². The second-order valence-electron chi connectivity index (χ2n) is 4.14. The molecule has 3 saturated heterocycles. The molecule has 0 spiro atoms. The van der Waals surface area contributed by atoms with Crippen molar-refractivity contribution in [3.8, 4) is 0 Å². The second kappa shape index (κ2) is 2.25. The summed E-state index contributed by atoms with van der Waals surface area (Å²) in [7, 11) is 3.44. The van der Waals surface area contributed by atoms with Crippen LogP contribution in [0.25, 0.3) is 0 Å². The van der Waals surface area contributed by atoms with E-state index >= 15 is 0 Å². The molecule has 0 N–H and O–H groups in total. The molecule has 0 aromatic heterocycles. The number of carbonyl (C=O) groups excluding carboxylic acids is 2. The number of fused-ring (bicyclic) bond motifs is 3. The fourth-order valence-electron chi connectivity index (χ4n) is 2.31. The number of hydrogen-bond acceptors (Lipinski definition) is 2. The zero-order valence-electron chi connectivity index (χ0n) is 8.20. The van der Waals surface area contributed by atoms with E-state index in [9.17, 15) is 9.59 Å². The number of piperazine rings is 1. The zero-order valence-corrected chi connectivity index (χ0v) is 8.20. The molecule has 72 valence electrons. The van der Waals surface area contributed by atoms with Crippen molar-refractivity contribution < 1.29 is 9.59 Å². The van der Waals surface area contributed by atoms with E-state index in [2.05, 4.69) is 0 Å². The van der Waals surface area contributed by atoms with Gasteiger partial charge in [-0.05, 0) is 19.8 Å². The van der Waals surface area contributed by atoms with Gasteiger partial charge in [-0.2, -0.15) is 0 Å². The van der Waals surface area contributed by atoms with Gasteiger partial charge in [-0.3, -0.25) is 9.59 Å². The molecule has 0 aliphatic carbocycles. The lowest BCUT2D eigenvalue weighted by molar-refractivity contribution is -0.174. The van der Waals surface area contributed by atoms with Gasteiger partial charge in [0.25, 0.3) is 0 Å². The number of carbonyl (C=O) groups is 2. The van der Waals surface area contributed by atoms with Gasteiger partial charge in [-0.1, -0.05) is 0 Å². The summed E-state index contributed by atoms with van der Waals surface area (Å²) in [5.41, 5.74) is -0.583. The fraction of sp³-hybridized carbons (Fsp3) is 0.778. The standard InChI is InChI=1S/C9H14N2O2/c1-9-5-4-6(7(12)11(9)3)10(2)8(9)13/h6H,4-5H2,1-3H3/t6-,9+/m0/s1. The van der Waals surface area contributed by atoms with Gasteiger partial charge < -0.3 is 9.80 Å². The number of likely N-dealkylation sites (N-methyl/N-ethyl adjacent to an activating group) is 2. The van der Waals surface area contributed by atoms with Gasteiger partial charge in [0.15, 0.2) is 0 Å². The molecule has 0 aromatic carbocycles. The molecule has 3 fully saturated rings. The summed E-state index contributed by atoms with van der Waals surface area (Å²) in [6, 6.07) is -0.209. The van der Waals surface area contributed by atoms with Crippen molar-refractivity contribution in [2.75, 3.05) is 14.1 Å². The highest BCUT2D eigenvalue weighted by Gasteiger charge is 2.55. The Morgan fingerprint density at radius 3 is 2.62 bits per heavy atom. The molecule has 3 rings (SSSR count). The van der Waals surface area contributed by atoms with Crippen LogP contribution in [0.5, 0.6) is 0 Å². The van der Waals surface area contributed by atoms with Crippen LogP contribution in [0.2, 0.25) is 0 Å². The van der Waals surface area contributed by atoms with Crippen molar-refractivity contribution in [2.24, 2.45) is 0 Å². The summed E-state index contributed by atoms with van der Waals surface area (Å²) in [6.07, 6.45) is 1.60. The average Bonchev–Trinajstić information content (AvgIpc) is 2.10. The van der Waals surface area contributed by atoms with E-state index in [4.69, 9.17) is 0 Å². The second-order valence-corrected chi connectivity index (χ2v) is 4.14. The smallest absolute Gasteiger partial charge is 0.248 e. The Bertz CT molecular complexity index is 285. The van der Waals surface area contributed by atoms with Crippen molar-refractivity contribution in [1.29, 1.82) is 0 Å². The minimum absolute atomic E-state index is 0.0749. The number of piperidine rings is 2. The molecule has 13 heavy (non-hydrogen) atoms. The van der Waals surface area contributed by atoms with E-state index in [0.29, 0.717) is 0 Å². The van der Waals surface area contributed by atoms with Crippen LogP contribution in [-0.4, -0.2) is 47.3 Å². The first-order chi connectivity index (χ1) is 5.98. The Morgan fingerprint density at radius 2 is 2.00 bits per heavy atom. The third-order valence-corrected chi connectivity index (χ3v) is 3.51. The summed E-state index contributed by atoms with van der Waals surface area (Å²) in [4.78, 5) is 26.7. The normalized spacial score (nSPS) is 38.8. The number of nitrogens with zero attached hydrogens (tertiary/aromatic N) is 2. The molecular formula is C9H14N2O2. The Balaban J connectivity index is 2.45. The average molecular weight is 182 g/mol. The molecule has 3 heterocycles. The highest BCUT2D eigenvalue weighted by atomic mass is 16.2. The molecule has 0 unspecified atom stereocenters. The van der Waals surface area contributed by atoms with Gasteiger partial charge in [0.05, 0.1) is 0 Å². The third kappa shape index (κ3) is 0.806. The maximum Gasteiger partial charge on any atom is 0.248 e. The molecule has 2 bridgehead atoms. The van der Waals surface area contributed by atoms with Crippen molar-refractivity contribution in [2.45, 2.75) is 31.3 Å². The van der Waals surface area contributed by atoms with Gasteiger partial charge in [0.2, 0.25) is 11.8 Å². The van der Waals surface area contributed by atoms with Gasteiger partial charge >= 0.3 is 0 Å². The topological polar surface area (TPSA) is 40.6 Å². The van der Waals surface area contributed by atoms with E-state index in [-0.39, 0.29) is 17.9 Å². The predicted molar refractivity (Wildman–Crippen MR) is 47.0 cm³/mol. The number of rotatable bonds is 0. The summed E-state index contributed by atoms with van der Waals surface area (Å²) >= 11 is 0. The molecule has 4 heteroatoms. The minimum atomic E-state index is -0.583. The molecule has 0 radical (unpaired) electrons. The molecule has 2 atom stereocenters. The molecular weight excluding hydrogens is 168 g/mol. The summed E-state index contributed by atoms with van der Waals surface area (Å²) in [6.45, 7) is 1.85. The SMILES string of the molecule is CN1C(=O)[C@@]2(C)CC[C@H]1C(=O)N2C. The van der Waals surface area contributed by atoms with Crippen LogP contribution in [0.3, 0.4) is 0 Å². The minimum Gasteiger partial charge on any atom is -0.332 e. The number of amides is 2. The van der Waals surface area contributed by atoms with Gasteiger partial charge in [0.1, 0.15) is 11.6 Å². The maximum absolute atomic E-state index is 11.8. The van der Waals surface area contributed by atoms with Crippen molar-refractivity contribution in [3.05, 3.63) is 0 Å². The Hall–Kier alpha value is -1.06. The van der Waals surface area contributed by atoms with Gasteiger partial charge in [-0.15, -0.1) is 0 Å². The first kappa shape index (κ1) is 8.53. The van der Waals surface area contributed by atoms with Crippen LogP contribution in [0, 0.1) is 0 Å². The summed E-state index contributed by atoms with van der Waals surface area (Å²) < 4.78 is 0. The van der Waals surface area contributed by atoms with Crippen molar-refractivity contribution in [1.82, 2.24) is 9.80 Å². The van der Waals surface area contributed by atoms with Crippen LogP contribution in [0.4, 0.5) is 0 Å². The molecule has 4 nitrogen and oxygen atoms in total. The van der Waals surface area contributed by atoms with Gasteiger partial charge in [0, 0.05) is 14.1 Å². The molecule has 3 aliphatic heterocycles. The molecule has 3 aliphatic rings. The van der Waals surface area contributed by atoms with Crippen LogP contribution < -0.4 is 0 Å². The van der Waals surface area contributed by atoms with Crippen LogP contribution in [0.1, 0.15) is 19.8 Å². The van der Waals surface area contributed by atoms with E-state index in [0.717, 1.165) is 12.8 Å². The summed E-state index contributed by atoms with van der Waals surface area (Å²) in [5.74, 6) is 0.154. The zero-order chi connectivity index (χ0) is 9.80. The Kier molecular flexibility index (Phi) is 1.47. The van der Waals surface area contributed by atoms with E-state index in [1.807, 2.05) is 6.92 Å². The lowest BCUT2D eigenvalue weighted by Crippen LogP contribution is -2.72. The molecule has 0 saturated carbocycles. The molecule has 0 aromatic rings. The van der Waals surface area contributed by atoms with Crippen LogP contribution >= 0.6 is 0 Å². The van der Waals surface area contributed by atoms with Crippen molar-refractivity contribution >= 4 is 11.8 Å². The highest BCUT2D eigenvalue weighted by Crippen LogP contribution is 2.36. The van der Waals surface area contributed by atoms with Crippen molar-refractivity contribution in [3.63, 3.8) is 0 Å².